The number of hydrogen-bond donors (Lipinski definition) is 2. The Bertz CT molecular complexity index is 355. The minimum Gasteiger partial charge on any atom is -0.388 e. The van der Waals surface area contributed by atoms with Crippen LogP contribution in [-0.4, -0.2) is 61.0 Å². The number of aliphatic imine (C=N–C) groups is 1. The first-order chi connectivity index (χ1) is 9.50. The van der Waals surface area contributed by atoms with Crippen molar-refractivity contribution in [1.29, 1.82) is 0 Å². The van der Waals surface area contributed by atoms with Gasteiger partial charge >= 0.3 is 0 Å². The number of hydrogen-bond acceptors (Lipinski definition) is 3. The van der Waals surface area contributed by atoms with Gasteiger partial charge in [-0.15, -0.1) is 24.0 Å². The second-order valence-corrected chi connectivity index (χ2v) is 6.49. The molecule has 0 aromatic rings. The Morgan fingerprint density at radius 1 is 1.43 bits per heavy atom. The molecule has 2 heterocycles. The minimum atomic E-state index is -0.714. The van der Waals surface area contributed by atoms with Crippen molar-refractivity contribution in [3.63, 3.8) is 0 Å². The molecule has 2 N–H and O–H groups in total. The average Bonchev–Trinajstić information content (AvgIpc) is 3.06. The highest BCUT2D eigenvalue weighted by atomic mass is 127. The fourth-order valence-corrected chi connectivity index (χ4v) is 2.87. The summed E-state index contributed by atoms with van der Waals surface area (Å²) in [6.07, 6.45) is 3.06. The van der Waals surface area contributed by atoms with Gasteiger partial charge < -0.3 is 20.1 Å². The average molecular weight is 411 g/mol. The lowest BCUT2D eigenvalue weighted by atomic mass is 9.87. The van der Waals surface area contributed by atoms with Crippen LogP contribution in [0.4, 0.5) is 0 Å². The minimum absolute atomic E-state index is 0. The van der Waals surface area contributed by atoms with Crippen LogP contribution in [-0.2, 0) is 4.74 Å². The van der Waals surface area contributed by atoms with Crippen LogP contribution >= 0.6 is 24.0 Å². The molecule has 0 aromatic heterocycles. The van der Waals surface area contributed by atoms with E-state index >= 15 is 0 Å². The van der Waals surface area contributed by atoms with Crippen LogP contribution in [0.25, 0.3) is 0 Å². The molecule has 1 spiro atoms. The Labute approximate surface area is 145 Å². The standard InChI is InChI=1S/C15H29N3O2.HI/c1-4-14(3,19)10-17-13(16-5-2)18-8-6-15(11-18)7-9-20-12-15;/h19H,4-12H2,1-3H3,(H,16,17);1H. The third kappa shape index (κ3) is 4.96. The topological polar surface area (TPSA) is 57.1 Å². The third-order valence-corrected chi connectivity index (χ3v) is 4.59. The zero-order valence-corrected chi connectivity index (χ0v) is 15.9. The molecule has 6 heteroatoms. The van der Waals surface area contributed by atoms with Gasteiger partial charge in [-0.05, 0) is 33.1 Å². The maximum Gasteiger partial charge on any atom is 0.194 e. The molecule has 2 atom stereocenters. The molecule has 2 unspecified atom stereocenters. The van der Waals surface area contributed by atoms with E-state index in [4.69, 9.17) is 4.74 Å². The summed E-state index contributed by atoms with van der Waals surface area (Å²) in [5, 5.41) is 13.5. The number of rotatable bonds is 4. The Morgan fingerprint density at radius 3 is 2.76 bits per heavy atom. The van der Waals surface area contributed by atoms with Gasteiger partial charge in [0.2, 0.25) is 0 Å². The highest BCUT2D eigenvalue weighted by Gasteiger charge is 2.42. The summed E-state index contributed by atoms with van der Waals surface area (Å²) in [6.45, 7) is 11.1. The molecular formula is C15H30IN3O2. The van der Waals surface area contributed by atoms with Crippen molar-refractivity contribution >= 4 is 29.9 Å². The number of likely N-dealkylation sites (tertiary alicyclic amines) is 1. The van der Waals surface area contributed by atoms with Crippen molar-refractivity contribution in [2.45, 2.75) is 45.6 Å². The van der Waals surface area contributed by atoms with Crippen LogP contribution in [0.2, 0.25) is 0 Å². The van der Waals surface area contributed by atoms with Gasteiger partial charge in [-0.1, -0.05) is 6.92 Å². The molecule has 0 aliphatic carbocycles. The van der Waals surface area contributed by atoms with Gasteiger partial charge in [-0.25, -0.2) is 0 Å². The summed E-state index contributed by atoms with van der Waals surface area (Å²) in [7, 11) is 0. The van der Waals surface area contributed by atoms with Gasteiger partial charge in [-0.2, -0.15) is 0 Å². The number of nitrogens with one attached hydrogen (secondary N) is 1. The first-order valence-electron chi connectivity index (χ1n) is 7.84. The smallest absolute Gasteiger partial charge is 0.194 e. The highest BCUT2D eigenvalue weighted by Crippen LogP contribution is 2.38. The van der Waals surface area contributed by atoms with Crippen LogP contribution in [0.1, 0.15) is 40.0 Å². The SMILES string of the molecule is CCNC(=NCC(C)(O)CC)N1CCC2(CCOC2)C1.I. The predicted molar refractivity (Wildman–Crippen MR) is 96.4 cm³/mol. The molecule has 2 fully saturated rings. The number of aliphatic hydroxyl groups is 1. The van der Waals surface area contributed by atoms with Crippen LogP contribution < -0.4 is 5.32 Å². The molecule has 0 amide bonds. The van der Waals surface area contributed by atoms with Crippen LogP contribution in [0.5, 0.6) is 0 Å². The molecule has 2 aliphatic rings. The lowest BCUT2D eigenvalue weighted by Gasteiger charge is -2.26. The molecule has 124 valence electrons. The molecule has 0 aromatic carbocycles. The Morgan fingerprint density at radius 2 is 2.19 bits per heavy atom. The van der Waals surface area contributed by atoms with Crippen LogP contribution in [0.15, 0.2) is 4.99 Å². The first kappa shape index (κ1) is 19.0. The lowest BCUT2D eigenvalue weighted by Crippen LogP contribution is -2.42. The van der Waals surface area contributed by atoms with Gasteiger partial charge in [-0.3, -0.25) is 4.99 Å². The van der Waals surface area contributed by atoms with Crippen molar-refractivity contribution in [3.8, 4) is 0 Å². The second-order valence-electron chi connectivity index (χ2n) is 6.49. The van der Waals surface area contributed by atoms with Crippen LogP contribution in [0, 0.1) is 5.41 Å². The van der Waals surface area contributed by atoms with Crippen molar-refractivity contribution in [2.24, 2.45) is 10.4 Å². The summed E-state index contributed by atoms with van der Waals surface area (Å²) < 4.78 is 5.57. The van der Waals surface area contributed by atoms with Gasteiger partial charge in [0, 0.05) is 31.7 Å². The molecule has 2 saturated heterocycles. The van der Waals surface area contributed by atoms with E-state index in [1.165, 1.54) is 6.42 Å². The van der Waals surface area contributed by atoms with Crippen molar-refractivity contribution < 1.29 is 9.84 Å². The van der Waals surface area contributed by atoms with Gasteiger partial charge in [0.15, 0.2) is 5.96 Å². The van der Waals surface area contributed by atoms with E-state index in [0.717, 1.165) is 45.2 Å². The highest BCUT2D eigenvalue weighted by molar-refractivity contribution is 14.0. The van der Waals surface area contributed by atoms with Crippen LogP contribution in [0.3, 0.4) is 0 Å². The summed E-state index contributed by atoms with van der Waals surface area (Å²) in [6, 6.07) is 0. The normalized spacial score (nSPS) is 28.6. The van der Waals surface area contributed by atoms with Gasteiger partial charge in [0.05, 0.1) is 18.8 Å². The predicted octanol–water partition coefficient (Wildman–Crippen LogP) is 1.84. The molecule has 5 nitrogen and oxygen atoms in total. The Kier molecular flexibility index (Phi) is 7.19. The number of guanidine groups is 1. The fraction of sp³-hybridized carbons (Fsp3) is 0.933. The molecule has 0 bridgehead atoms. The lowest BCUT2D eigenvalue weighted by molar-refractivity contribution is 0.0654. The third-order valence-electron chi connectivity index (χ3n) is 4.59. The number of nitrogens with zero attached hydrogens (tertiary/aromatic N) is 2. The molecule has 21 heavy (non-hydrogen) atoms. The summed E-state index contributed by atoms with van der Waals surface area (Å²) in [5.41, 5.74) is -0.377. The van der Waals surface area contributed by atoms with E-state index in [-0.39, 0.29) is 24.0 Å². The Hall–Kier alpha value is -0.0800. The summed E-state index contributed by atoms with van der Waals surface area (Å²) in [5.74, 6) is 0.935. The number of halogens is 1. The van der Waals surface area contributed by atoms with E-state index in [1.807, 2.05) is 13.8 Å². The van der Waals surface area contributed by atoms with Crippen molar-refractivity contribution in [2.75, 3.05) is 39.4 Å². The van der Waals surface area contributed by atoms with E-state index < -0.39 is 5.60 Å². The molecule has 2 aliphatic heterocycles. The van der Waals surface area contributed by atoms with Gasteiger partial charge in [0.1, 0.15) is 0 Å². The van der Waals surface area contributed by atoms with Gasteiger partial charge in [0.25, 0.3) is 0 Å². The maximum absolute atomic E-state index is 10.1. The quantitative estimate of drug-likeness (QED) is 0.421. The Balaban J connectivity index is 0.00000220. The second kappa shape index (κ2) is 7.97. The first-order valence-corrected chi connectivity index (χ1v) is 7.84. The van der Waals surface area contributed by atoms with Crippen molar-refractivity contribution in [3.05, 3.63) is 0 Å². The fourth-order valence-electron chi connectivity index (χ4n) is 2.87. The van der Waals surface area contributed by atoms with Crippen molar-refractivity contribution in [1.82, 2.24) is 10.2 Å². The largest absolute Gasteiger partial charge is 0.388 e. The number of ether oxygens (including phenoxy) is 1. The molecule has 0 radical (unpaired) electrons. The summed E-state index contributed by atoms with van der Waals surface area (Å²) in [4.78, 5) is 6.96. The summed E-state index contributed by atoms with van der Waals surface area (Å²) >= 11 is 0. The van der Waals surface area contributed by atoms with E-state index in [2.05, 4.69) is 22.1 Å². The maximum atomic E-state index is 10.1. The van der Waals surface area contributed by atoms with E-state index in [9.17, 15) is 5.11 Å². The molecular weight excluding hydrogens is 381 g/mol. The zero-order chi connectivity index (χ0) is 14.6. The zero-order valence-electron chi connectivity index (χ0n) is 13.5. The van der Waals surface area contributed by atoms with E-state index in [1.54, 1.807) is 0 Å². The monoisotopic (exact) mass is 411 g/mol. The molecule has 2 rings (SSSR count). The van der Waals surface area contributed by atoms with E-state index in [0.29, 0.717) is 18.4 Å². The molecule has 0 saturated carbocycles.